The fourth-order valence-electron chi connectivity index (χ4n) is 2.74. The molecule has 21 heavy (non-hydrogen) atoms. The average Bonchev–Trinajstić information content (AvgIpc) is 2.78. The molecule has 0 unspecified atom stereocenters. The molecule has 0 amide bonds. The quantitative estimate of drug-likeness (QED) is 0.839. The molecule has 0 atom stereocenters. The zero-order valence-corrected chi connectivity index (χ0v) is 12.3. The second kappa shape index (κ2) is 5.33. The van der Waals surface area contributed by atoms with Crippen molar-refractivity contribution in [2.75, 3.05) is 18.1 Å². The summed E-state index contributed by atoms with van der Waals surface area (Å²) in [5, 5.41) is 12.1. The molecule has 0 radical (unpaired) electrons. The van der Waals surface area contributed by atoms with Crippen molar-refractivity contribution in [2.45, 2.75) is 33.4 Å². The Morgan fingerprint density at radius 3 is 3.00 bits per heavy atom. The van der Waals surface area contributed by atoms with Gasteiger partial charge in [-0.05, 0) is 20.3 Å². The highest BCUT2D eigenvalue weighted by atomic mass is 16.3. The summed E-state index contributed by atoms with van der Waals surface area (Å²) in [5.74, 6) is 0.872. The van der Waals surface area contributed by atoms with E-state index in [0.29, 0.717) is 19.5 Å². The van der Waals surface area contributed by atoms with Crippen LogP contribution in [0.25, 0.3) is 0 Å². The van der Waals surface area contributed by atoms with Crippen LogP contribution in [0.15, 0.2) is 11.0 Å². The van der Waals surface area contributed by atoms with Crippen molar-refractivity contribution in [3.8, 4) is 0 Å². The smallest absolute Gasteiger partial charge is 0.270 e. The zero-order valence-electron chi connectivity index (χ0n) is 12.3. The lowest BCUT2D eigenvalue weighted by Gasteiger charge is -2.28. The molecule has 3 rings (SSSR count). The van der Waals surface area contributed by atoms with Crippen molar-refractivity contribution in [2.24, 2.45) is 0 Å². The number of aromatic nitrogens is 4. The van der Waals surface area contributed by atoms with Gasteiger partial charge in [0, 0.05) is 18.3 Å². The number of nitrogens with one attached hydrogen (secondary N) is 1. The van der Waals surface area contributed by atoms with Gasteiger partial charge in [-0.1, -0.05) is 0 Å². The summed E-state index contributed by atoms with van der Waals surface area (Å²) >= 11 is 0. The minimum Gasteiger partial charge on any atom is -0.394 e. The number of rotatable bonds is 3. The second-order valence-electron chi connectivity index (χ2n) is 5.34. The number of nitrogens with zero attached hydrogens (tertiary/aromatic N) is 4. The Hall–Kier alpha value is -2.15. The number of aryl methyl sites for hydroxylation is 2. The van der Waals surface area contributed by atoms with Crippen LogP contribution in [0.2, 0.25) is 0 Å². The first kappa shape index (κ1) is 13.8. The summed E-state index contributed by atoms with van der Waals surface area (Å²) in [7, 11) is 0. The molecular weight excluding hydrogens is 270 g/mol. The van der Waals surface area contributed by atoms with Crippen LogP contribution < -0.4 is 10.5 Å². The maximum atomic E-state index is 12.1. The Kier molecular flexibility index (Phi) is 3.50. The van der Waals surface area contributed by atoms with Gasteiger partial charge in [-0.25, -0.2) is 4.98 Å². The predicted molar refractivity (Wildman–Crippen MR) is 78.4 cm³/mol. The highest BCUT2D eigenvalue weighted by Gasteiger charge is 2.24. The first-order chi connectivity index (χ1) is 10.1. The summed E-state index contributed by atoms with van der Waals surface area (Å²) in [4.78, 5) is 23.2. The third-order valence-electron chi connectivity index (χ3n) is 3.79. The summed E-state index contributed by atoms with van der Waals surface area (Å²) in [6, 6.07) is 0. The highest BCUT2D eigenvalue weighted by Crippen LogP contribution is 2.22. The minimum atomic E-state index is -0.0501. The van der Waals surface area contributed by atoms with Gasteiger partial charge in [-0.2, -0.15) is 0 Å². The van der Waals surface area contributed by atoms with Crippen molar-refractivity contribution in [3.63, 3.8) is 0 Å². The Balaban J connectivity index is 1.92. The number of aromatic amines is 1. The first-order valence-corrected chi connectivity index (χ1v) is 7.06. The van der Waals surface area contributed by atoms with Crippen LogP contribution in [0.5, 0.6) is 0 Å². The third-order valence-corrected chi connectivity index (χ3v) is 3.79. The SMILES string of the molecule is Cc1cnc(C)c(N2CCc3c([nH]n(CCO)c3=O)C2)n1. The van der Waals surface area contributed by atoms with E-state index in [1.165, 1.54) is 4.68 Å². The molecule has 7 nitrogen and oxygen atoms in total. The van der Waals surface area contributed by atoms with Gasteiger partial charge in [0.25, 0.3) is 5.56 Å². The van der Waals surface area contributed by atoms with E-state index in [2.05, 4.69) is 20.0 Å². The Labute approximate surface area is 122 Å². The van der Waals surface area contributed by atoms with Gasteiger partial charge in [0.1, 0.15) is 0 Å². The molecular formula is C14H19N5O2. The number of H-pyrrole nitrogens is 1. The van der Waals surface area contributed by atoms with E-state index in [4.69, 9.17) is 5.11 Å². The fraction of sp³-hybridized carbons (Fsp3) is 0.500. The molecule has 112 valence electrons. The topological polar surface area (TPSA) is 87.0 Å². The monoisotopic (exact) mass is 289 g/mol. The number of hydrogen-bond acceptors (Lipinski definition) is 5. The third kappa shape index (κ3) is 2.44. The molecule has 0 spiro atoms. The lowest BCUT2D eigenvalue weighted by atomic mass is 10.1. The molecule has 2 aromatic heterocycles. The van der Waals surface area contributed by atoms with Crippen molar-refractivity contribution < 1.29 is 5.11 Å². The second-order valence-corrected chi connectivity index (χ2v) is 5.34. The first-order valence-electron chi connectivity index (χ1n) is 7.06. The molecule has 0 aliphatic carbocycles. The molecule has 0 bridgehead atoms. The summed E-state index contributed by atoms with van der Waals surface area (Å²) in [5.41, 5.74) is 3.47. The Morgan fingerprint density at radius 2 is 2.24 bits per heavy atom. The number of aliphatic hydroxyl groups excluding tert-OH is 1. The van der Waals surface area contributed by atoms with E-state index in [1.807, 2.05) is 13.8 Å². The molecule has 7 heteroatoms. The molecule has 0 fully saturated rings. The maximum absolute atomic E-state index is 12.1. The normalized spacial score (nSPS) is 14.3. The van der Waals surface area contributed by atoms with Crippen molar-refractivity contribution in [1.29, 1.82) is 0 Å². The largest absolute Gasteiger partial charge is 0.394 e. The van der Waals surface area contributed by atoms with Crippen LogP contribution >= 0.6 is 0 Å². The van der Waals surface area contributed by atoms with E-state index in [9.17, 15) is 4.79 Å². The number of hydrogen-bond donors (Lipinski definition) is 2. The molecule has 0 aromatic carbocycles. The van der Waals surface area contributed by atoms with E-state index < -0.39 is 0 Å². The molecule has 2 N–H and O–H groups in total. The van der Waals surface area contributed by atoms with E-state index >= 15 is 0 Å². The summed E-state index contributed by atoms with van der Waals surface area (Å²) in [6.07, 6.45) is 2.44. The van der Waals surface area contributed by atoms with Gasteiger partial charge in [0.2, 0.25) is 0 Å². The molecule has 1 aliphatic rings. The molecule has 0 saturated carbocycles. The van der Waals surface area contributed by atoms with Crippen molar-refractivity contribution >= 4 is 5.82 Å². The predicted octanol–water partition coefficient (Wildman–Crippen LogP) is 0.138. The van der Waals surface area contributed by atoms with Crippen molar-refractivity contribution in [3.05, 3.63) is 39.2 Å². The fourth-order valence-corrected chi connectivity index (χ4v) is 2.74. The van der Waals surface area contributed by atoms with Gasteiger partial charge in [0.05, 0.1) is 36.8 Å². The van der Waals surface area contributed by atoms with Gasteiger partial charge >= 0.3 is 0 Å². The average molecular weight is 289 g/mol. The molecule has 3 heterocycles. The van der Waals surface area contributed by atoms with Gasteiger partial charge in [-0.15, -0.1) is 0 Å². The lowest BCUT2D eigenvalue weighted by molar-refractivity contribution is 0.267. The van der Waals surface area contributed by atoms with Crippen LogP contribution in [-0.2, 0) is 19.5 Å². The van der Waals surface area contributed by atoms with Crippen LogP contribution in [0.1, 0.15) is 22.6 Å². The molecule has 1 aliphatic heterocycles. The van der Waals surface area contributed by atoms with Crippen LogP contribution in [0, 0.1) is 13.8 Å². The Morgan fingerprint density at radius 1 is 1.43 bits per heavy atom. The lowest BCUT2D eigenvalue weighted by Crippen LogP contribution is -2.33. The zero-order chi connectivity index (χ0) is 15.0. The summed E-state index contributed by atoms with van der Waals surface area (Å²) < 4.78 is 1.48. The maximum Gasteiger partial charge on any atom is 0.270 e. The summed E-state index contributed by atoms with van der Waals surface area (Å²) in [6.45, 7) is 5.47. The van der Waals surface area contributed by atoms with Crippen LogP contribution in [0.4, 0.5) is 5.82 Å². The van der Waals surface area contributed by atoms with Gasteiger partial charge < -0.3 is 10.0 Å². The van der Waals surface area contributed by atoms with Crippen LogP contribution in [-0.4, -0.2) is 38.0 Å². The number of anilines is 1. The highest BCUT2D eigenvalue weighted by molar-refractivity contribution is 5.46. The van der Waals surface area contributed by atoms with Crippen molar-refractivity contribution in [1.82, 2.24) is 19.7 Å². The molecule has 2 aromatic rings. The Bertz CT molecular complexity index is 719. The minimum absolute atomic E-state index is 0.0225. The van der Waals surface area contributed by atoms with Gasteiger partial charge in [0.15, 0.2) is 5.82 Å². The standard InChI is InChI=1S/C14H19N5O2/c1-9-7-15-10(2)13(16-9)18-4-3-11-12(8-18)17-19(5-6-20)14(11)21/h7,17,20H,3-6,8H2,1-2H3. The van der Waals surface area contributed by atoms with Gasteiger partial charge in [-0.3, -0.25) is 19.6 Å². The number of fused-ring (bicyclic) bond motifs is 1. The molecule has 0 saturated heterocycles. The van der Waals surface area contributed by atoms with Crippen LogP contribution in [0.3, 0.4) is 0 Å². The van der Waals surface area contributed by atoms with E-state index in [1.54, 1.807) is 6.20 Å². The van der Waals surface area contributed by atoms with E-state index in [0.717, 1.165) is 35.0 Å². The number of aliphatic hydroxyl groups is 1. The van der Waals surface area contributed by atoms with E-state index in [-0.39, 0.29) is 12.2 Å².